The van der Waals surface area contributed by atoms with E-state index < -0.39 is 25.6 Å². The van der Waals surface area contributed by atoms with Crippen LogP contribution in [0.15, 0.2) is 30.3 Å². The first-order valence-electron chi connectivity index (χ1n) is 7.34. The van der Waals surface area contributed by atoms with Gasteiger partial charge in [-0.15, -0.1) is 0 Å². The molecule has 0 unspecified atom stereocenters. The van der Waals surface area contributed by atoms with Crippen LogP contribution in [0.1, 0.15) is 24.8 Å². The quantitative estimate of drug-likeness (QED) is 0.709. The molecule has 1 aliphatic rings. The Bertz CT molecular complexity index is 604. The SMILES string of the molecule is NP(N)(=O)N1CCCC[C@@H](NC(=O)OCc2ccccc2)C1=O. The van der Waals surface area contributed by atoms with Gasteiger partial charge in [0.1, 0.15) is 12.6 Å². The maximum Gasteiger partial charge on any atom is 0.408 e. The molecule has 0 aliphatic carbocycles. The van der Waals surface area contributed by atoms with E-state index in [0.29, 0.717) is 19.3 Å². The molecule has 126 valence electrons. The van der Waals surface area contributed by atoms with Crippen LogP contribution in [0.5, 0.6) is 0 Å². The first-order chi connectivity index (χ1) is 10.9. The second-order valence-corrected chi connectivity index (χ2v) is 7.22. The molecule has 0 aromatic heterocycles. The van der Waals surface area contributed by atoms with E-state index >= 15 is 0 Å². The van der Waals surface area contributed by atoms with Crippen molar-refractivity contribution in [3.63, 3.8) is 0 Å². The number of hydrogen-bond acceptors (Lipinski definition) is 4. The molecule has 8 nitrogen and oxygen atoms in total. The second kappa shape index (κ2) is 7.59. The molecule has 0 bridgehead atoms. The van der Waals surface area contributed by atoms with Gasteiger partial charge in [-0.2, -0.15) is 0 Å². The summed E-state index contributed by atoms with van der Waals surface area (Å²) in [5.41, 5.74) is 11.6. The van der Waals surface area contributed by atoms with E-state index in [1.807, 2.05) is 30.3 Å². The number of hydrogen-bond donors (Lipinski definition) is 3. The van der Waals surface area contributed by atoms with Crippen LogP contribution in [-0.4, -0.2) is 29.3 Å². The Kier molecular flexibility index (Phi) is 5.76. The Morgan fingerprint density at radius 1 is 1.30 bits per heavy atom. The smallest absolute Gasteiger partial charge is 0.408 e. The molecule has 1 fully saturated rings. The minimum atomic E-state index is -3.68. The van der Waals surface area contributed by atoms with E-state index in [-0.39, 0.29) is 13.2 Å². The third-order valence-corrected chi connectivity index (χ3v) is 4.70. The number of amides is 2. The number of alkyl carbamates (subject to hydrolysis) is 1. The molecular formula is C14H21N4O4P. The van der Waals surface area contributed by atoms with Crippen LogP contribution in [-0.2, 0) is 20.7 Å². The van der Waals surface area contributed by atoms with E-state index in [1.165, 1.54) is 0 Å². The average molecular weight is 340 g/mol. The highest BCUT2D eigenvalue weighted by atomic mass is 31.2. The number of carbonyl (C=O) groups is 2. The predicted octanol–water partition coefficient (Wildman–Crippen LogP) is 1.32. The summed E-state index contributed by atoms with van der Waals surface area (Å²) in [5.74, 6) is -0.535. The lowest BCUT2D eigenvalue weighted by Gasteiger charge is -2.26. The fourth-order valence-electron chi connectivity index (χ4n) is 2.37. The van der Waals surface area contributed by atoms with E-state index in [9.17, 15) is 14.2 Å². The molecule has 1 saturated heterocycles. The zero-order valence-corrected chi connectivity index (χ0v) is 13.6. The maximum absolute atomic E-state index is 12.3. The Labute approximate surface area is 134 Å². The van der Waals surface area contributed by atoms with Gasteiger partial charge in [0.05, 0.1) is 0 Å². The van der Waals surface area contributed by atoms with Crippen molar-refractivity contribution < 1.29 is 18.9 Å². The molecule has 0 saturated carbocycles. The molecule has 1 atom stereocenters. The normalized spacial score (nSPS) is 19.1. The average Bonchev–Trinajstić information content (AvgIpc) is 2.68. The molecule has 1 heterocycles. The van der Waals surface area contributed by atoms with Gasteiger partial charge in [0.2, 0.25) is 0 Å². The van der Waals surface area contributed by atoms with E-state index in [2.05, 4.69) is 5.32 Å². The van der Waals surface area contributed by atoms with Crippen molar-refractivity contribution in [1.29, 1.82) is 0 Å². The largest absolute Gasteiger partial charge is 0.445 e. The van der Waals surface area contributed by atoms with Crippen LogP contribution in [0.2, 0.25) is 0 Å². The highest BCUT2D eigenvalue weighted by Gasteiger charge is 2.35. The summed E-state index contributed by atoms with van der Waals surface area (Å²) in [6.45, 7) is 0.323. The van der Waals surface area contributed by atoms with Crippen LogP contribution in [0, 0.1) is 0 Å². The second-order valence-electron chi connectivity index (χ2n) is 5.39. The van der Waals surface area contributed by atoms with Crippen molar-refractivity contribution in [3.05, 3.63) is 35.9 Å². The van der Waals surface area contributed by atoms with Crippen molar-refractivity contribution in [3.8, 4) is 0 Å². The van der Waals surface area contributed by atoms with Gasteiger partial charge < -0.3 is 10.1 Å². The van der Waals surface area contributed by atoms with Crippen LogP contribution in [0.3, 0.4) is 0 Å². The topological polar surface area (TPSA) is 128 Å². The molecule has 2 amide bonds. The fourth-order valence-corrected chi connectivity index (χ4v) is 3.28. The maximum atomic E-state index is 12.3. The van der Waals surface area contributed by atoms with Gasteiger partial charge in [0, 0.05) is 6.54 Å². The Hall–Kier alpha value is -1.89. The number of rotatable bonds is 4. The molecule has 1 aromatic carbocycles. The molecule has 1 aliphatic heterocycles. The van der Waals surface area contributed by atoms with Gasteiger partial charge in [-0.3, -0.25) is 25.0 Å². The summed E-state index contributed by atoms with van der Waals surface area (Å²) < 4.78 is 17.8. The van der Waals surface area contributed by atoms with Gasteiger partial charge in [-0.1, -0.05) is 30.3 Å². The summed E-state index contributed by atoms with van der Waals surface area (Å²) in [6.07, 6.45) is 1.03. The van der Waals surface area contributed by atoms with Gasteiger partial charge in [0.15, 0.2) is 0 Å². The minimum Gasteiger partial charge on any atom is -0.445 e. The predicted molar refractivity (Wildman–Crippen MR) is 85.1 cm³/mol. The zero-order chi connectivity index (χ0) is 16.9. The lowest BCUT2D eigenvalue weighted by Crippen LogP contribution is -2.48. The Balaban J connectivity index is 1.93. The molecule has 2 rings (SSSR count). The summed E-state index contributed by atoms with van der Waals surface area (Å²) in [4.78, 5) is 24.2. The first kappa shape index (κ1) is 17.5. The van der Waals surface area contributed by atoms with Crippen molar-refractivity contribution in [1.82, 2.24) is 9.99 Å². The number of nitrogens with two attached hydrogens (primary N) is 2. The Morgan fingerprint density at radius 3 is 2.65 bits per heavy atom. The lowest BCUT2D eigenvalue weighted by atomic mass is 10.1. The lowest BCUT2D eigenvalue weighted by molar-refractivity contribution is -0.128. The Morgan fingerprint density at radius 2 is 2.00 bits per heavy atom. The zero-order valence-electron chi connectivity index (χ0n) is 12.7. The fraction of sp³-hybridized carbons (Fsp3) is 0.429. The molecule has 5 N–H and O–H groups in total. The highest BCUT2D eigenvalue weighted by molar-refractivity contribution is 7.57. The van der Waals surface area contributed by atoms with Gasteiger partial charge in [-0.25, -0.2) is 4.79 Å². The summed E-state index contributed by atoms with van der Waals surface area (Å²) in [6, 6.07) is 8.35. The summed E-state index contributed by atoms with van der Waals surface area (Å²) in [5, 5.41) is 2.50. The van der Waals surface area contributed by atoms with Crippen LogP contribution >= 0.6 is 7.59 Å². The first-order valence-corrected chi connectivity index (χ1v) is 9.14. The van der Waals surface area contributed by atoms with E-state index in [1.54, 1.807) is 0 Å². The van der Waals surface area contributed by atoms with Crippen molar-refractivity contribution >= 4 is 19.6 Å². The summed E-state index contributed by atoms with van der Waals surface area (Å²) >= 11 is 0. The van der Waals surface area contributed by atoms with Crippen molar-refractivity contribution in [2.24, 2.45) is 11.0 Å². The van der Waals surface area contributed by atoms with Crippen LogP contribution in [0.4, 0.5) is 4.79 Å². The van der Waals surface area contributed by atoms with Gasteiger partial charge in [-0.05, 0) is 24.8 Å². The number of nitrogens with one attached hydrogen (secondary N) is 1. The minimum absolute atomic E-state index is 0.101. The highest BCUT2D eigenvalue weighted by Crippen LogP contribution is 2.34. The van der Waals surface area contributed by atoms with Crippen LogP contribution in [0.25, 0.3) is 0 Å². The third-order valence-electron chi connectivity index (χ3n) is 3.55. The van der Waals surface area contributed by atoms with E-state index in [0.717, 1.165) is 10.2 Å². The molecule has 9 heteroatoms. The van der Waals surface area contributed by atoms with Crippen LogP contribution < -0.4 is 16.3 Å². The number of benzene rings is 1. The third kappa shape index (κ3) is 5.06. The molecular weight excluding hydrogens is 319 g/mol. The number of ether oxygens (including phenoxy) is 1. The van der Waals surface area contributed by atoms with Crippen molar-refractivity contribution in [2.75, 3.05) is 6.54 Å². The molecule has 0 spiro atoms. The summed E-state index contributed by atoms with van der Waals surface area (Å²) in [7, 11) is -3.68. The van der Waals surface area contributed by atoms with E-state index in [4.69, 9.17) is 15.7 Å². The standard InChI is InChI=1S/C14H21N4O4P/c15-23(16,21)18-9-5-4-8-12(13(18)19)17-14(20)22-10-11-6-2-1-3-7-11/h1-3,6-7,12H,4-5,8-10H2,(H,17,20)(H4,15,16,21)/t12-/m1/s1. The molecule has 1 aromatic rings. The number of carbonyl (C=O) groups excluding carboxylic acids is 2. The van der Waals surface area contributed by atoms with Crippen molar-refractivity contribution in [2.45, 2.75) is 31.9 Å². The van der Waals surface area contributed by atoms with Gasteiger partial charge >= 0.3 is 13.7 Å². The van der Waals surface area contributed by atoms with Gasteiger partial charge in [0.25, 0.3) is 5.91 Å². The molecule has 23 heavy (non-hydrogen) atoms. The number of nitrogens with zero attached hydrogens (tertiary/aromatic N) is 1. The molecule has 0 radical (unpaired) electrons. The monoisotopic (exact) mass is 340 g/mol.